The maximum atomic E-state index is 11.8. The standard InChI is InChI=1S/C16H15NO2/c18-16(17-13-8-9-13)12-6-10-15(11-7-12)19-14-4-2-1-3-5-14/h1-7,10-11,13H,8-9H2,(H,17,18). The van der Waals surface area contributed by atoms with Gasteiger partial charge in [0.2, 0.25) is 0 Å². The van der Waals surface area contributed by atoms with Gasteiger partial charge in [-0.05, 0) is 49.2 Å². The molecule has 3 nitrogen and oxygen atoms in total. The van der Waals surface area contributed by atoms with Crippen LogP contribution >= 0.6 is 0 Å². The highest BCUT2D eigenvalue weighted by atomic mass is 16.5. The van der Waals surface area contributed by atoms with Crippen molar-refractivity contribution in [3.05, 3.63) is 60.2 Å². The summed E-state index contributed by atoms with van der Waals surface area (Å²) in [6.07, 6.45) is 2.20. The fourth-order valence-electron chi connectivity index (χ4n) is 1.80. The second-order valence-electron chi connectivity index (χ2n) is 4.69. The summed E-state index contributed by atoms with van der Waals surface area (Å²) in [6, 6.07) is 17.2. The van der Waals surface area contributed by atoms with E-state index >= 15 is 0 Å². The third-order valence-electron chi connectivity index (χ3n) is 3.01. The van der Waals surface area contributed by atoms with Crippen LogP contribution in [-0.2, 0) is 0 Å². The zero-order chi connectivity index (χ0) is 13.1. The Balaban J connectivity index is 1.66. The summed E-state index contributed by atoms with van der Waals surface area (Å²) in [5.74, 6) is 1.51. The van der Waals surface area contributed by atoms with E-state index in [2.05, 4.69) is 5.32 Å². The van der Waals surface area contributed by atoms with Gasteiger partial charge in [0, 0.05) is 11.6 Å². The highest BCUT2D eigenvalue weighted by Gasteiger charge is 2.23. The normalized spacial score (nSPS) is 13.9. The maximum Gasteiger partial charge on any atom is 0.251 e. The van der Waals surface area contributed by atoms with Gasteiger partial charge in [-0.25, -0.2) is 0 Å². The molecule has 19 heavy (non-hydrogen) atoms. The Morgan fingerprint density at radius 2 is 1.58 bits per heavy atom. The van der Waals surface area contributed by atoms with Crippen molar-refractivity contribution in [2.45, 2.75) is 18.9 Å². The van der Waals surface area contributed by atoms with Crippen molar-refractivity contribution in [1.29, 1.82) is 0 Å². The fourth-order valence-corrected chi connectivity index (χ4v) is 1.80. The van der Waals surface area contributed by atoms with Crippen molar-refractivity contribution in [3.63, 3.8) is 0 Å². The maximum absolute atomic E-state index is 11.8. The molecule has 1 aliphatic carbocycles. The Morgan fingerprint density at radius 1 is 0.947 bits per heavy atom. The number of para-hydroxylation sites is 1. The van der Waals surface area contributed by atoms with E-state index in [1.807, 2.05) is 42.5 Å². The van der Waals surface area contributed by atoms with Gasteiger partial charge in [-0.2, -0.15) is 0 Å². The molecule has 1 N–H and O–H groups in total. The van der Waals surface area contributed by atoms with Crippen LogP contribution in [0.15, 0.2) is 54.6 Å². The average Bonchev–Trinajstić information content (AvgIpc) is 3.25. The van der Waals surface area contributed by atoms with Crippen molar-refractivity contribution >= 4 is 5.91 Å². The monoisotopic (exact) mass is 253 g/mol. The summed E-state index contributed by atoms with van der Waals surface area (Å²) in [5.41, 5.74) is 0.673. The quantitative estimate of drug-likeness (QED) is 0.907. The Hall–Kier alpha value is -2.29. The van der Waals surface area contributed by atoms with Crippen molar-refractivity contribution in [3.8, 4) is 11.5 Å². The van der Waals surface area contributed by atoms with E-state index in [4.69, 9.17) is 4.74 Å². The molecule has 1 amide bonds. The molecule has 1 aliphatic rings. The lowest BCUT2D eigenvalue weighted by molar-refractivity contribution is 0.0951. The highest BCUT2D eigenvalue weighted by molar-refractivity contribution is 5.94. The number of amides is 1. The summed E-state index contributed by atoms with van der Waals surface area (Å²) >= 11 is 0. The van der Waals surface area contributed by atoms with E-state index in [1.54, 1.807) is 12.1 Å². The first kappa shape index (κ1) is 11.8. The first-order valence-corrected chi connectivity index (χ1v) is 6.45. The van der Waals surface area contributed by atoms with Gasteiger partial charge in [0.1, 0.15) is 11.5 Å². The Bertz CT molecular complexity index is 559. The molecule has 1 saturated carbocycles. The summed E-state index contributed by atoms with van der Waals surface area (Å²) in [6.45, 7) is 0. The number of hydrogen-bond donors (Lipinski definition) is 1. The van der Waals surface area contributed by atoms with E-state index in [0.717, 1.165) is 24.3 Å². The van der Waals surface area contributed by atoms with Gasteiger partial charge in [-0.15, -0.1) is 0 Å². The minimum absolute atomic E-state index is 0.00578. The molecule has 0 heterocycles. The lowest BCUT2D eigenvalue weighted by atomic mass is 10.2. The number of carbonyl (C=O) groups is 1. The van der Waals surface area contributed by atoms with Gasteiger partial charge < -0.3 is 10.1 Å². The fraction of sp³-hybridized carbons (Fsp3) is 0.188. The lowest BCUT2D eigenvalue weighted by Gasteiger charge is -2.07. The molecule has 0 aromatic heterocycles. The minimum Gasteiger partial charge on any atom is -0.457 e. The van der Waals surface area contributed by atoms with Crippen LogP contribution < -0.4 is 10.1 Å². The molecule has 0 atom stereocenters. The molecular weight excluding hydrogens is 238 g/mol. The number of rotatable bonds is 4. The smallest absolute Gasteiger partial charge is 0.251 e. The second kappa shape index (κ2) is 5.14. The third-order valence-corrected chi connectivity index (χ3v) is 3.01. The predicted octanol–water partition coefficient (Wildman–Crippen LogP) is 3.37. The predicted molar refractivity (Wildman–Crippen MR) is 73.4 cm³/mol. The largest absolute Gasteiger partial charge is 0.457 e. The Labute approximate surface area is 112 Å². The minimum atomic E-state index is -0.00578. The van der Waals surface area contributed by atoms with Crippen LogP contribution in [0.2, 0.25) is 0 Å². The number of ether oxygens (including phenoxy) is 1. The van der Waals surface area contributed by atoms with E-state index in [0.29, 0.717) is 11.6 Å². The third kappa shape index (κ3) is 3.13. The van der Waals surface area contributed by atoms with Gasteiger partial charge in [0.05, 0.1) is 0 Å². The summed E-state index contributed by atoms with van der Waals surface area (Å²) < 4.78 is 5.67. The molecule has 2 aromatic rings. The molecule has 0 bridgehead atoms. The van der Waals surface area contributed by atoms with Crippen molar-refractivity contribution in [2.24, 2.45) is 0 Å². The van der Waals surface area contributed by atoms with Crippen LogP contribution in [0.5, 0.6) is 11.5 Å². The Kier molecular flexibility index (Phi) is 3.19. The molecule has 3 rings (SSSR count). The van der Waals surface area contributed by atoms with E-state index in [1.165, 1.54) is 0 Å². The van der Waals surface area contributed by atoms with E-state index in [9.17, 15) is 4.79 Å². The zero-order valence-electron chi connectivity index (χ0n) is 10.5. The first-order valence-electron chi connectivity index (χ1n) is 6.45. The molecule has 0 radical (unpaired) electrons. The number of hydrogen-bond acceptors (Lipinski definition) is 2. The summed E-state index contributed by atoms with van der Waals surface area (Å²) in [7, 11) is 0. The van der Waals surface area contributed by atoms with Crippen molar-refractivity contribution < 1.29 is 9.53 Å². The lowest BCUT2D eigenvalue weighted by Crippen LogP contribution is -2.25. The van der Waals surface area contributed by atoms with Gasteiger partial charge in [-0.3, -0.25) is 4.79 Å². The molecule has 96 valence electrons. The molecule has 1 fully saturated rings. The molecule has 3 heteroatoms. The molecule has 0 saturated heterocycles. The zero-order valence-corrected chi connectivity index (χ0v) is 10.5. The molecule has 0 unspecified atom stereocenters. The van der Waals surface area contributed by atoms with Crippen LogP contribution in [-0.4, -0.2) is 11.9 Å². The van der Waals surface area contributed by atoms with Crippen LogP contribution in [0, 0.1) is 0 Å². The van der Waals surface area contributed by atoms with Gasteiger partial charge in [0.15, 0.2) is 0 Å². The molecule has 0 spiro atoms. The van der Waals surface area contributed by atoms with Gasteiger partial charge in [0.25, 0.3) is 5.91 Å². The topological polar surface area (TPSA) is 38.3 Å². The number of carbonyl (C=O) groups excluding carboxylic acids is 1. The summed E-state index contributed by atoms with van der Waals surface area (Å²) in [4.78, 5) is 11.8. The van der Waals surface area contributed by atoms with Crippen molar-refractivity contribution in [2.75, 3.05) is 0 Å². The SMILES string of the molecule is O=C(NC1CC1)c1ccc(Oc2ccccc2)cc1. The van der Waals surface area contributed by atoms with Crippen LogP contribution in [0.25, 0.3) is 0 Å². The van der Waals surface area contributed by atoms with E-state index in [-0.39, 0.29) is 5.91 Å². The van der Waals surface area contributed by atoms with Crippen LogP contribution in [0.4, 0.5) is 0 Å². The van der Waals surface area contributed by atoms with Crippen molar-refractivity contribution in [1.82, 2.24) is 5.32 Å². The number of nitrogens with one attached hydrogen (secondary N) is 1. The Morgan fingerprint density at radius 3 is 2.21 bits per heavy atom. The number of benzene rings is 2. The first-order chi connectivity index (χ1) is 9.31. The van der Waals surface area contributed by atoms with Crippen LogP contribution in [0.1, 0.15) is 23.2 Å². The summed E-state index contributed by atoms with van der Waals surface area (Å²) in [5, 5.41) is 2.96. The second-order valence-corrected chi connectivity index (χ2v) is 4.69. The molecule has 2 aromatic carbocycles. The molecular formula is C16H15NO2. The molecule has 0 aliphatic heterocycles. The highest BCUT2D eigenvalue weighted by Crippen LogP contribution is 2.22. The average molecular weight is 253 g/mol. The van der Waals surface area contributed by atoms with Gasteiger partial charge >= 0.3 is 0 Å². The van der Waals surface area contributed by atoms with Gasteiger partial charge in [-0.1, -0.05) is 18.2 Å². The van der Waals surface area contributed by atoms with Crippen LogP contribution in [0.3, 0.4) is 0 Å². The van der Waals surface area contributed by atoms with E-state index < -0.39 is 0 Å².